The second-order valence-electron chi connectivity index (χ2n) is 9.36. The molecule has 0 aliphatic heterocycles. The number of rotatable bonds is 8. The summed E-state index contributed by atoms with van der Waals surface area (Å²) in [6.07, 6.45) is 1.12. The van der Waals surface area contributed by atoms with Gasteiger partial charge in [0.25, 0.3) is 0 Å². The molecule has 11 nitrogen and oxygen atoms in total. The highest BCUT2D eigenvalue weighted by molar-refractivity contribution is 5.83. The first kappa shape index (κ1) is 26.2. The Hall–Kier alpha value is -4.85. The Kier molecular flexibility index (Phi) is 7.34. The SMILES string of the molecule is COc1cc(-c2nc3c(C#N)c[nH]n3c2Nc2ccc(CNC(=O)OC(C)(C)C)cc2)cc(OC)c1OC. The molecule has 0 spiro atoms. The van der Waals surface area contributed by atoms with Gasteiger partial charge in [0, 0.05) is 24.0 Å². The number of anilines is 2. The number of nitrogens with one attached hydrogen (secondary N) is 3. The van der Waals surface area contributed by atoms with Crippen LogP contribution in [0.15, 0.2) is 42.6 Å². The third-order valence-electron chi connectivity index (χ3n) is 5.57. The molecule has 0 fully saturated rings. The first-order valence-corrected chi connectivity index (χ1v) is 11.8. The summed E-state index contributed by atoms with van der Waals surface area (Å²) in [5, 5.41) is 18.8. The summed E-state index contributed by atoms with van der Waals surface area (Å²) in [5.74, 6) is 2.03. The Labute approximate surface area is 220 Å². The number of H-pyrrole nitrogens is 1. The van der Waals surface area contributed by atoms with Crippen molar-refractivity contribution in [2.45, 2.75) is 32.9 Å². The lowest BCUT2D eigenvalue weighted by Crippen LogP contribution is -2.32. The molecule has 0 saturated carbocycles. The summed E-state index contributed by atoms with van der Waals surface area (Å²) in [5.41, 5.74) is 3.25. The number of methoxy groups -OCH3 is 3. The van der Waals surface area contributed by atoms with E-state index in [-0.39, 0.29) is 0 Å². The number of aromatic nitrogens is 3. The quantitative estimate of drug-likeness (QED) is 0.297. The van der Waals surface area contributed by atoms with Crippen molar-refractivity contribution in [3.8, 4) is 34.6 Å². The van der Waals surface area contributed by atoms with E-state index in [9.17, 15) is 10.1 Å². The lowest BCUT2D eigenvalue weighted by Gasteiger charge is -2.19. The molecule has 2 aromatic heterocycles. The second-order valence-corrected chi connectivity index (χ2v) is 9.36. The van der Waals surface area contributed by atoms with Gasteiger partial charge in [0.15, 0.2) is 23.0 Å². The fraction of sp³-hybridized carbons (Fsp3) is 0.296. The van der Waals surface area contributed by atoms with Crippen LogP contribution in [0.3, 0.4) is 0 Å². The topological polar surface area (TPSA) is 135 Å². The number of carbonyl (C=O) groups excluding carboxylic acids is 1. The summed E-state index contributed by atoms with van der Waals surface area (Å²) < 4.78 is 23.5. The Morgan fingerprint density at radius 3 is 2.29 bits per heavy atom. The number of carbonyl (C=O) groups is 1. The third-order valence-corrected chi connectivity index (χ3v) is 5.57. The number of fused-ring (bicyclic) bond motifs is 1. The van der Waals surface area contributed by atoms with E-state index in [0.29, 0.717) is 52.1 Å². The number of aromatic amines is 1. The van der Waals surface area contributed by atoms with Crippen LogP contribution in [0.25, 0.3) is 16.9 Å². The summed E-state index contributed by atoms with van der Waals surface area (Å²) in [7, 11) is 4.63. The molecule has 0 aliphatic rings. The molecule has 2 aromatic carbocycles. The number of imidazole rings is 1. The van der Waals surface area contributed by atoms with Crippen molar-refractivity contribution in [3.05, 3.63) is 53.7 Å². The highest BCUT2D eigenvalue weighted by Gasteiger charge is 2.22. The van der Waals surface area contributed by atoms with Crippen LogP contribution in [0.1, 0.15) is 31.9 Å². The average molecular weight is 519 g/mol. The van der Waals surface area contributed by atoms with E-state index < -0.39 is 11.7 Å². The summed E-state index contributed by atoms with van der Waals surface area (Å²) in [6, 6.07) is 13.3. The number of hydrogen-bond acceptors (Lipinski definition) is 8. The number of benzene rings is 2. The summed E-state index contributed by atoms with van der Waals surface area (Å²) >= 11 is 0. The van der Waals surface area contributed by atoms with E-state index >= 15 is 0 Å². The lowest BCUT2D eigenvalue weighted by molar-refractivity contribution is 0.0523. The summed E-state index contributed by atoms with van der Waals surface area (Å²) in [6.45, 7) is 5.77. The fourth-order valence-electron chi connectivity index (χ4n) is 3.87. The first-order chi connectivity index (χ1) is 18.2. The van der Waals surface area contributed by atoms with Crippen LogP contribution in [-0.4, -0.2) is 47.6 Å². The van der Waals surface area contributed by atoms with Crippen molar-refractivity contribution in [2.24, 2.45) is 0 Å². The number of hydrogen-bond donors (Lipinski definition) is 3. The molecular weight excluding hydrogens is 488 g/mol. The standard InChI is InChI=1S/C27H30N6O5/c1-27(2,3)38-26(34)29-14-16-7-9-19(10-8-16)31-25-22(32-24-18(13-28)15-30-33(24)25)17-11-20(35-4)23(37-6)21(12-17)36-5/h7-12,15,30-31H,14H2,1-6H3,(H,29,34). The number of nitriles is 1. The van der Waals surface area contributed by atoms with Crippen molar-refractivity contribution >= 4 is 23.2 Å². The largest absolute Gasteiger partial charge is 0.493 e. The maximum Gasteiger partial charge on any atom is 0.407 e. The van der Waals surface area contributed by atoms with Gasteiger partial charge in [-0.3, -0.25) is 5.10 Å². The monoisotopic (exact) mass is 518 g/mol. The van der Waals surface area contributed by atoms with Crippen molar-refractivity contribution in [3.63, 3.8) is 0 Å². The lowest BCUT2D eigenvalue weighted by atomic mass is 10.1. The molecule has 198 valence electrons. The Morgan fingerprint density at radius 1 is 1.08 bits per heavy atom. The Morgan fingerprint density at radius 2 is 1.74 bits per heavy atom. The number of ether oxygens (including phenoxy) is 4. The molecule has 4 aromatic rings. The molecule has 11 heteroatoms. The first-order valence-electron chi connectivity index (χ1n) is 11.8. The molecule has 0 unspecified atom stereocenters. The van der Waals surface area contributed by atoms with Gasteiger partial charge >= 0.3 is 6.09 Å². The third kappa shape index (κ3) is 5.44. The van der Waals surface area contributed by atoms with Crippen molar-refractivity contribution in [1.29, 1.82) is 5.26 Å². The van der Waals surface area contributed by atoms with E-state index in [1.54, 1.807) is 44.2 Å². The van der Waals surface area contributed by atoms with E-state index in [2.05, 4.69) is 21.8 Å². The molecule has 0 radical (unpaired) electrons. The highest BCUT2D eigenvalue weighted by atomic mass is 16.6. The molecule has 1 amide bonds. The number of amides is 1. The van der Waals surface area contributed by atoms with Crippen molar-refractivity contribution in [2.75, 3.05) is 26.6 Å². The smallest absolute Gasteiger partial charge is 0.407 e. The maximum absolute atomic E-state index is 12.0. The molecule has 0 atom stereocenters. The molecule has 0 bridgehead atoms. The maximum atomic E-state index is 12.0. The van der Waals surface area contributed by atoms with Gasteiger partial charge in [0.2, 0.25) is 5.75 Å². The van der Waals surface area contributed by atoms with Crippen LogP contribution in [-0.2, 0) is 11.3 Å². The average Bonchev–Trinajstić information content (AvgIpc) is 3.46. The van der Waals surface area contributed by atoms with Gasteiger partial charge in [-0.15, -0.1) is 0 Å². The van der Waals surface area contributed by atoms with Gasteiger partial charge in [0.1, 0.15) is 22.9 Å². The second kappa shape index (κ2) is 10.6. The molecule has 0 aliphatic carbocycles. The normalized spacial score (nSPS) is 11.1. The van der Waals surface area contributed by atoms with Gasteiger partial charge in [-0.2, -0.15) is 5.26 Å². The van der Waals surface area contributed by atoms with Crippen LogP contribution < -0.4 is 24.8 Å². The molecule has 2 heterocycles. The zero-order valence-electron chi connectivity index (χ0n) is 22.1. The van der Waals surface area contributed by atoms with Crippen LogP contribution in [0.5, 0.6) is 17.2 Å². The molecular formula is C27H30N6O5. The minimum Gasteiger partial charge on any atom is -0.493 e. The molecule has 38 heavy (non-hydrogen) atoms. The van der Waals surface area contributed by atoms with E-state index in [1.165, 1.54) is 0 Å². The molecule has 0 saturated heterocycles. The van der Waals surface area contributed by atoms with Crippen LogP contribution >= 0.6 is 0 Å². The van der Waals surface area contributed by atoms with E-state index in [0.717, 1.165) is 11.3 Å². The van der Waals surface area contributed by atoms with Gasteiger partial charge in [-0.05, 0) is 50.6 Å². The van der Waals surface area contributed by atoms with Crippen LogP contribution in [0, 0.1) is 11.3 Å². The van der Waals surface area contributed by atoms with Crippen LogP contribution in [0.4, 0.5) is 16.3 Å². The highest BCUT2D eigenvalue weighted by Crippen LogP contribution is 2.43. The Bertz CT molecular complexity index is 1470. The predicted molar refractivity (Wildman–Crippen MR) is 142 cm³/mol. The Balaban J connectivity index is 1.66. The van der Waals surface area contributed by atoms with Gasteiger partial charge in [-0.1, -0.05) is 12.1 Å². The zero-order chi connectivity index (χ0) is 27.4. The van der Waals surface area contributed by atoms with Gasteiger partial charge < -0.3 is 29.6 Å². The van der Waals surface area contributed by atoms with Gasteiger partial charge in [0.05, 0.1) is 21.3 Å². The molecule has 3 N–H and O–H groups in total. The van der Waals surface area contributed by atoms with Crippen molar-refractivity contribution < 1.29 is 23.7 Å². The predicted octanol–water partition coefficient (Wildman–Crippen LogP) is 5.00. The number of nitrogens with zero attached hydrogens (tertiary/aromatic N) is 3. The van der Waals surface area contributed by atoms with Crippen molar-refractivity contribution in [1.82, 2.24) is 19.9 Å². The number of alkyl carbamates (subject to hydrolysis) is 1. The fourth-order valence-corrected chi connectivity index (χ4v) is 3.87. The minimum absolute atomic E-state index is 0.324. The van der Waals surface area contributed by atoms with E-state index in [4.69, 9.17) is 23.9 Å². The van der Waals surface area contributed by atoms with Gasteiger partial charge in [-0.25, -0.2) is 14.3 Å². The molecule has 4 rings (SSSR count). The summed E-state index contributed by atoms with van der Waals surface area (Å²) in [4.78, 5) is 16.7. The van der Waals surface area contributed by atoms with E-state index in [1.807, 2.05) is 45.0 Å². The zero-order valence-corrected chi connectivity index (χ0v) is 22.1. The minimum atomic E-state index is -0.562. The van der Waals surface area contributed by atoms with Crippen LogP contribution in [0.2, 0.25) is 0 Å².